The van der Waals surface area contributed by atoms with E-state index >= 15 is 0 Å². The van der Waals surface area contributed by atoms with Gasteiger partial charge in [-0.15, -0.1) is 0 Å². The normalized spacial score (nSPS) is 15.2. The van der Waals surface area contributed by atoms with E-state index in [0.717, 1.165) is 6.92 Å². The number of thiol groups is 2. The lowest BCUT2D eigenvalue weighted by atomic mass is 10.0. The second-order valence-electron chi connectivity index (χ2n) is 19.7. The number of carbonyl (C=O) groups is 13. The third kappa shape index (κ3) is 24.3. The van der Waals surface area contributed by atoms with Crippen LogP contribution in [0.5, 0.6) is 0 Å². The third-order valence-corrected chi connectivity index (χ3v) is 13.0. The molecule has 82 heavy (non-hydrogen) atoms. The van der Waals surface area contributed by atoms with Crippen LogP contribution in [0.4, 0.5) is 0 Å². The number of H-pyrrole nitrogens is 1. The zero-order valence-corrected chi connectivity index (χ0v) is 47.9. The second kappa shape index (κ2) is 35.3. The average molecular weight is 1200 g/mol. The van der Waals surface area contributed by atoms with Gasteiger partial charge in [-0.1, -0.05) is 32.0 Å². The van der Waals surface area contributed by atoms with Crippen LogP contribution in [0.15, 0.2) is 30.5 Å². The van der Waals surface area contributed by atoms with E-state index in [0.29, 0.717) is 22.9 Å². The summed E-state index contributed by atoms with van der Waals surface area (Å²) in [6, 6.07) is -6.91. The number of primary amides is 2. The Labute approximate surface area is 483 Å². The Hall–Kier alpha value is -7.55. The topological polar surface area (TPSA) is 497 Å². The van der Waals surface area contributed by atoms with E-state index in [4.69, 9.17) is 17.2 Å². The van der Waals surface area contributed by atoms with Gasteiger partial charge in [-0.3, -0.25) is 62.3 Å². The molecule has 12 amide bonds. The predicted molar refractivity (Wildman–Crippen MR) is 301 cm³/mol. The lowest BCUT2D eigenvalue weighted by molar-refractivity contribution is -0.138. The number of aliphatic hydroxyl groups excluding tert-OH is 2. The Morgan fingerprint density at radius 3 is 1.60 bits per heavy atom. The molecular weight excluding hydrogens is 1120 g/mol. The monoisotopic (exact) mass is 1190 g/mol. The van der Waals surface area contributed by atoms with Gasteiger partial charge in [0.2, 0.25) is 70.9 Å². The third-order valence-electron chi connectivity index (χ3n) is 12.3. The van der Waals surface area contributed by atoms with Gasteiger partial charge >= 0.3 is 5.97 Å². The summed E-state index contributed by atoms with van der Waals surface area (Å²) in [4.78, 5) is 173. The van der Waals surface area contributed by atoms with E-state index in [1.54, 1.807) is 44.3 Å². The zero-order chi connectivity index (χ0) is 62.0. The van der Waals surface area contributed by atoms with E-state index in [1.165, 1.54) is 13.8 Å². The molecule has 0 bridgehead atoms. The van der Waals surface area contributed by atoms with Crippen molar-refractivity contribution in [1.29, 1.82) is 0 Å². The number of nitrogens with one attached hydrogen (secondary N) is 11. The molecule has 0 aliphatic heterocycles. The molecule has 1 aromatic heterocycles. The van der Waals surface area contributed by atoms with Crippen LogP contribution in [0.2, 0.25) is 0 Å². The minimum atomic E-state index is -1.80. The first kappa shape index (κ1) is 70.6. The van der Waals surface area contributed by atoms with Crippen LogP contribution in [-0.2, 0) is 68.7 Å². The molecule has 20 N–H and O–H groups in total. The first-order chi connectivity index (χ1) is 38.5. The van der Waals surface area contributed by atoms with E-state index in [-0.39, 0.29) is 49.7 Å². The SMILES string of the molecule is CC(=O)N[C@@H](CS)C(=O)N[C@H](C(=O)N[C@@H](Cc1c[nH]c2ccccc12)C(=O)N[C@@H](CCC(=O)O)C(=O)NCC(=O)N[C@@H](CC(N)=O)C(=O)N[C@@H](CCCCN)C(=O)N[C@@H](CC(C)C)C(=O)N[C@H](C(=O)N[C@@H](CS)C(N)=O)[C@@H](C)O)[C@@H](C)O. The van der Waals surface area contributed by atoms with Gasteiger partial charge in [-0.2, -0.15) is 25.3 Å². The summed E-state index contributed by atoms with van der Waals surface area (Å²) in [6.45, 7) is 6.15. The van der Waals surface area contributed by atoms with Crippen molar-refractivity contribution >= 4 is 113 Å². The number of benzene rings is 1. The molecule has 456 valence electrons. The number of para-hydroxylation sites is 1. The van der Waals surface area contributed by atoms with Gasteiger partial charge in [0.25, 0.3) is 0 Å². The van der Waals surface area contributed by atoms with Crippen molar-refractivity contribution in [2.45, 2.75) is 153 Å². The van der Waals surface area contributed by atoms with Crippen LogP contribution in [0.1, 0.15) is 85.1 Å². The van der Waals surface area contributed by atoms with Crippen molar-refractivity contribution in [2.24, 2.45) is 23.1 Å². The molecule has 1 heterocycles. The summed E-state index contributed by atoms with van der Waals surface area (Å²) in [7, 11) is 0. The molecule has 11 atom stereocenters. The highest BCUT2D eigenvalue weighted by Gasteiger charge is 2.37. The number of carboxylic acid groups (broad SMARTS) is 1. The fraction of sp³-hybridized carbons (Fsp3) is 0.580. The summed E-state index contributed by atoms with van der Waals surface area (Å²) >= 11 is 8.04. The Balaban J connectivity index is 2.39. The van der Waals surface area contributed by atoms with Crippen molar-refractivity contribution < 1.29 is 77.6 Å². The number of hydrogen-bond acceptors (Lipinski definition) is 18. The number of carbonyl (C=O) groups excluding carboxylic acids is 12. The van der Waals surface area contributed by atoms with E-state index < -0.39 is 169 Å². The molecule has 0 saturated carbocycles. The first-order valence-corrected chi connectivity index (χ1v) is 27.4. The smallest absolute Gasteiger partial charge is 0.303 e. The maximum Gasteiger partial charge on any atom is 0.303 e. The largest absolute Gasteiger partial charge is 0.481 e. The summed E-state index contributed by atoms with van der Waals surface area (Å²) in [5.41, 5.74) is 17.5. The first-order valence-electron chi connectivity index (χ1n) is 26.1. The van der Waals surface area contributed by atoms with E-state index in [1.807, 2.05) is 0 Å². The maximum absolute atomic E-state index is 14.2. The van der Waals surface area contributed by atoms with Crippen molar-refractivity contribution in [3.63, 3.8) is 0 Å². The molecule has 1 aromatic carbocycles. The van der Waals surface area contributed by atoms with Crippen LogP contribution < -0.4 is 70.4 Å². The summed E-state index contributed by atoms with van der Waals surface area (Å²) in [5, 5.41) is 54.9. The number of aliphatic hydroxyl groups is 2. The molecule has 0 saturated heterocycles. The number of amides is 12. The van der Waals surface area contributed by atoms with Crippen LogP contribution in [-0.4, -0.2) is 188 Å². The molecule has 0 radical (unpaired) electrons. The van der Waals surface area contributed by atoms with Gasteiger partial charge in [0.1, 0.15) is 54.4 Å². The van der Waals surface area contributed by atoms with Crippen molar-refractivity contribution in [2.75, 3.05) is 24.6 Å². The molecule has 30 nitrogen and oxygen atoms in total. The highest BCUT2D eigenvalue weighted by atomic mass is 32.1. The minimum absolute atomic E-state index is 0.0311. The van der Waals surface area contributed by atoms with Crippen LogP contribution >= 0.6 is 25.3 Å². The second-order valence-corrected chi connectivity index (χ2v) is 20.4. The summed E-state index contributed by atoms with van der Waals surface area (Å²) in [5.74, 6) is -14.0. The minimum Gasteiger partial charge on any atom is -0.481 e. The van der Waals surface area contributed by atoms with Crippen LogP contribution in [0, 0.1) is 5.92 Å². The quantitative estimate of drug-likeness (QED) is 0.0221. The maximum atomic E-state index is 14.2. The van der Waals surface area contributed by atoms with E-state index in [9.17, 15) is 77.6 Å². The van der Waals surface area contributed by atoms with E-state index in [2.05, 4.69) is 83.4 Å². The van der Waals surface area contributed by atoms with Gasteiger partial charge < -0.3 is 90.7 Å². The van der Waals surface area contributed by atoms with Crippen LogP contribution in [0.25, 0.3) is 10.9 Å². The molecule has 0 aliphatic carbocycles. The number of aromatic nitrogens is 1. The Bertz CT molecular complexity index is 2590. The number of rotatable bonds is 37. The van der Waals surface area contributed by atoms with Crippen LogP contribution in [0.3, 0.4) is 0 Å². The Morgan fingerprint density at radius 1 is 0.585 bits per heavy atom. The molecule has 0 spiro atoms. The molecule has 2 aromatic rings. The van der Waals surface area contributed by atoms with Crippen molar-refractivity contribution in [3.8, 4) is 0 Å². The predicted octanol–water partition coefficient (Wildman–Crippen LogP) is -5.77. The summed E-state index contributed by atoms with van der Waals surface area (Å²) < 4.78 is 0. The standard InChI is InChI=1S/C50H78N14O16S2/c1-23(2)16-32(47(77)63-41(25(4)66)50(80)62-35(21-81)42(53)72)60-44(74)30(12-8-9-15-51)58-46(76)34(18-37(52)68)57-38(69)20-55-43(73)31(13-14-39(70)71)59-45(75)33(17-27-19-54-29-11-7-6-10-28(27)29)61-49(79)40(24(3)65)64-48(78)36(22-82)56-26(5)67/h6-7,10-11,19,23-25,30-36,40-41,54,65-66,81-82H,8-9,12-18,20-22,51H2,1-5H3,(H2,52,68)(H2,53,72)(H,55,73)(H,56,67)(H,57,69)(H,58,76)(H,59,75)(H,60,74)(H,61,79)(H,62,80)(H,63,77)(H,64,78)(H,70,71)/t24-,25-,30+,31+,32+,33+,34+,35+,36+,40+,41+/m1/s1. The molecule has 32 heteroatoms. The Morgan fingerprint density at radius 2 is 1.09 bits per heavy atom. The average Bonchev–Trinajstić information content (AvgIpc) is 3.86. The number of fused-ring (bicyclic) bond motifs is 1. The number of aromatic amines is 1. The number of nitrogens with two attached hydrogens (primary N) is 3. The number of unbranched alkanes of at least 4 members (excludes halogenated alkanes) is 1. The fourth-order valence-corrected chi connectivity index (χ4v) is 8.51. The van der Waals surface area contributed by atoms with Gasteiger partial charge in [-0.25, -0.2) is 0 Å². The van der Waals surface area contributed by atoms with Gasteiger partial charge in [-0.05, 0) is 70.0 Å². The molecule has 0 fully saturated rings. The fourth-order valence-electron chi connectivity index (χ4n) is 7.98. The van der Waals surface area contributed by atoms with Gasteiger partial charge in [0.15, 0.2) is 0 Å². The number of aliphatic carboxylic acids is 1. The Kier molecular flexibility index (Phi) is 30.4. The molecule has 0 aliphatic rings. The molecule has 0 unspecified atom stereocenters. The molecule has 2 rings (SSSR count). The van der Waals surface area contributed by atoms with Gasteiger partial charge in [0.05, 0.1) is 25.2 Å². The lowest BCUT2D eigenvalue weighted by Gasteiger charge is -2.28. The van der Waals surface area contributed by atoms with Crippen molar-refractivity contribution in [1.82, 2.24) is 58.2 Å². The zero-order valence-electron chi connectivity index (χ0n) is 46.1. The number of carboxylic acids is 1. The summed E-state index contributed by atoms with van der Waals surface area (Å²) in [6.07, 6.45) is -3.49. The highest BCUT2D eigenvalue weighted by Crippen LogP contribution is 2.20. The molecular formula is C50H78N14O16S2. The van der Waals surface area contributed by atoms with Crippen molar-refractivity contribution in [3.05, 3.63) is 36.0 Å². The lowest BCUT2D eigenvalue weighted by Crippen LogP contribution is -2.61. The highest BCUT2D eigenvalue weighted by molar-refractivity contribution is 7.80. The number of hydrogen-bond donors (Lipinski definition) is 19. The van der Waals surface area contributed by atoms with Gasteiger partial charge in [0, 0.05) is 48.4 Å².